The second-order valence-electron chi connectivity index (χ2n) is 4.26. The van der Waals surface area contributed by atoms with E-state index in [1.54, 1.807) is 0 Å². The molecule has 88 valence electrons. The summed E-state index contributed by atoms with van der Waals surface area (Å²) in [5.41, 5.74) is 3.38. The van der Waals surface area contributed by atoms with E-state index in [1.807, 2.05) is 12.3 Å². The molecule has 0 saturated carbocycles. The Morgan fingerprint density at radius 2 is 2.12 bits per heavy atom. The molecule has 0 amide bonds. The lowest BCUT2D eigenvalue weighted by Crippen LogP contribution is -2.21. The highest BCUT2D eigenvalue weighted by Crippen LogP contribution is 2.26. The maximum atomic E-state index is 4.49. The van der Waals surface area contributed by atoms with Crippen LogP contribution in [-0.4, -0.2) is 11.5 Å². The number of hydrogen-bond acceptors (Lipinski definition) is 2. The van der Waals surface area contributed by atoms with E-state index >= 15 is 0 Å². The van der Waals surface area contributed by atoms with Crippen molar-refractivity contribution in [1.29, 1.82) is 0 Å². The Hall–Kier alpha value is -1.67. The SMILES string of the molecule is C=C(C)C(NCC)c1cccc2cccnc12. The van der Waals surface area contributed by atoms with Crippen molar-refractivity contribution in [2.24, 2.45) is 0 Å². The van der Waals surface area contributed by atoms with Gasteiger partial charge in [-0.15, -0.1) is 0 Å². The first-order valence-corrected chi connectivity index (χ1v) is 5.96. The highest BCUT2D eigenvalue weighted by atomic mass is 14.9. The minimum absolute atomic E-state index is 0.179. The molecule has 1 unspecified atom stereocenters. The number of aromatic nitrogens is 1. The van der Waals surface area contributed by atoms with Crippen LogP contribution < -0.4 is 5.32 Å². The third-order valence-electron chi connectivity index (χ3n) is 2.88. The Kier molecular flexibility index (Phi) is 3.55. The van der Waals surface area contributed by atoms with Gasteiger partial charge in [0.05, 0.1) is 11.6 Å². The van der Waals surface area contributed by atoms with Gasteiger partial charge in [-0.25, -0.2) is 0 Å². The van der Waals surface area contributed by atoms with Gasteiger partial charge in [0.25, 0.3) is 0 Å². The second-order valence-corrected chi connectivity index (χ2v) is 4.26. The number of hydrogen-bond donors (Lipinski definition) is 1. The molecule has 1 aromatic heterocycles. The first-order chi connectivity index (χ1) is 8.24. The van der Waals surface area contributed by atoms with Crippen molar-refractivity contribution in [3.8, 4) is 0 Å². The minimum atomic E-state index is 0.179. The zero-order valence-corrected chi connectivity index (χ0v) is 10.4. The quantitative estimate of drug-likeness (QED) is 0.807. The van der Waals surface area contributed by atoms with E-state index in [0.717, 1.165) is 17.6 Å². The molecule has 2 nitrogen and oxygen atoms in total. The molecule has 0 radical (unpaired) electrons. The number of rotatable bonds is 4. The number of likely N-dealkylation sites (N-methyl/N-ethyl adjacent to an activating group) is 1. The maximum Gasteiger partial charge on any atom is 0.0753 e. The van der Waals surface area contributed by atoms with Gasteiger partial charge in [-0.05, 0) is 25.1 Å². The molecule has 2 heteroatoms. The highest BCUT2D eigenvalue weighted by molar-refractivity contribution is 5.82. The first-order valence-electron chi connectivity index (χ1n) is 5.96. The Labute approximate surface area is 102 Å². The van der Waals surface area contributed by atoms with Gasteiger partial charge in [0, 0.05) is 11.6 Å². The van der Waals surface area contributed by atoms with Gasteiger partial charge in [0.2, 0.25) is 0 Å². The van der Waals surface area contributed by atoms with Gasteiger partial charge >= 0.3 is 0 Å². The molecule has 0 bridgehead atoms. The van der Waals surface area contributed by atoms with Crippen molar-refractivity contribution in [3.63, 3.8) is 0 Å². The topological polar surface area (TPSA) is 24.9 Å². The normalized spacial score (nSPS) is 12.6. The average molecular weight is 226 g/mol. The van der Waals surface area contributed by atoms with E-state index in [-0.39, 0.29) is 6.04 Å². The summed E-state index contributed by atoms with van der Waals surface area (Å²) in [7, 11) is 0. The number of para-hydroxylation sites is 1. The van der Waals surface area contributed by atoms with Crippen molar-refractivity contribution in [2.45, 2.75) is 19.9 Å². The van der Waals surface area contributed by atoms with E-state index in [9.17, 15) is 0 Å². The Balaban J connectivity index is 2.56. The lowest BCUT2D eigenvalue weighted by atomic mass is 9.98. The molecule has 0 aliphatic heterocycles. The fourth-order valence-corrected chi connectivity index (χ4v) is 2.11. The van der Waals surface area contributed by atoms with E-state index < -0.39 is 0 Å². The number of benzene rings is 1. The van der Waals surface area contributed by atoms with Crippen LogP contribution in [0.4, 0.5) is 0 Å². The number of pyridine rings is 1. The maximum absolute atomic E-state index is 4.49. The van der Waals surface area contributed by atoms with Crippen LogP contribution in [0.2, 0.25) is 0 Å². The minimum Gasteiger partial charge on any atom is -0.307 e. The van der Waals surface area contributed by atoms with Crippen LogP contribution in [0.15, 0.2) is 48.7 Å². The molecule has 1 aromatic carbocycles. The lowest BCUT2D eigenvalue weighted by molar-refractivity contribution is 0.624. The second kappa shape index (κ2) is 5.11. The van der Waals surface area contributed by atoms with Crippen LogP contribution in [0.3, 0.4) is 0 Å². The number of nitrogens with zero attached hydrogens (tertiary/aromatic N) is 1. The largest absolute Gasteiger partial charge is 0.307 e. The summed E-state index contributed by atoms with van der Waals surface area (Å²) in [5.74, 6) is 0. The molecule has 0 saturated heterocycles. The molecule has 0 fully saturated rings. The molecule has 0 aliphatic rings. The van der Waals surface area contributed by atoms with Crippen molar-refractivity contribution in [1.82, 2.24) is 10.3 Å². The van der Waals surface area contributed by atoms with Crippen LogP contribution in [0, 0.1) is 0 Å². The van der Waals surface area contributed by atoms with Crippen LogP contribution in [0.5, 0.6) is 0 Å². The standard InChI is InChI=1S/C15H18N2/c1-4-16-14(11(2)3)13-9-5-7-12-8-6-10-17-15(12)13/h5-10,14,16H,2,4H2,1,3H3. The summed E-state index contributed by atoms with van der Waals surface area (Å²) < 4.78 is 0. The summed E-state index contributed by atoms with van der Waals surface area (Å²) in [6.45, 7) is 9.14. The summed E-state index contributed by atoms with van der Waals surface area (Å²) in [5, 5.41) is 4.63. The molecule has 1 heterocycles. The summed E-state index contributed by atoms with van der Waals surface area (Å²) in [6.07, 6.45) is 1.84. The first kappa shape index (κ1) is 11.8. The summed E-state index contributed by atoms with van der Waals surface area (Å²) in [4.78, 5) is 4.49. The van der Waals surface area contributed by atoms with Crippen LogP contribution >= 0.6 is 0 Å². The molecule has 1 atom stereocenters. The highest BCUT2D eigenvalue weighted by Gasteiger charge is 2.14. The lowest BCUT2D eigenvalue weighted by Gasteiger charge is -2.19. The summed E-state index contributed by atoms with van der Waals surface area (Å²) >= 11 is 0. The van der Waals surface area contributed by atoms with Gasteiger partial charge in [-0.1, -0.05) is 43.3 Å². The fourth-order valence-electron chi connectivity index (χ4n) is 2.11. The van der Waals surface area contributed by atoms with E-state index in [2.05, 4.69) is 55.0 Å². The molecule has 1 N–H and O–H groups in total. The predicted molar refractivity (Wildman–Crippen MR) is 73.0 cm³/mol. The molecular formula is C15H18N2. The fraction of sp³-hybridized carbons (Fsp3) is 0.267. The van der Waals surface area contributed by atoms with Gasteiger partial charge in [0.1, 0.15) is 0 Å². The van der Waals surface area contributed by atoms with Gasteiger partial charge < -0.3 is 5.32 Å². The zero-order valence-electron chi connectivity index (χ0n) is 10.4. The van der Waals surface area contributed by atoms with Crippen LogP contribution in [0.1, 0.15) is 25.5 Å². The smallest absolute Gasteiger partial charge is 0.0753 e. The third-order valence-corrected chi connectivity index (χ3v) is 2.88. The summed E-state index contributed by atoms with van der Waals surface area (Å²) in [6, 6.07) is 10.5. The van der Waals surface area contributed by atoms with Crippen molar-refractivity contribution in [3.05, 3.63) is 54.2 Å². The molecule has 2 rings (SSSR count). The van der Waals surface area contributed by atoms with Crippen molar-refractivity contribution in [2.75, 3.05) is 6.54 Å². The number of nitrogens with one attached hydrogen (secondary N) is 1. The van der Waals surface area contributed by atoms with Gasteiger partial charge in [0.15, 0.2) is 0 Å². The third kappa shape index (κ3) is 2.37. The zero-order chi connectivity index (χ0) is 12.3. The van der Waals surface area contributed by atoms with Crippen LogP contribution in [0.25, 0.3) is 10.9 Å². The van der Waals surface area contributed by atoms with E-state index in [4.69, 9.17) is 0 Å². The van der Waals surface area contributed by atoms with Crippen molar-refractivity contribution < 1.29 is 0 Å². The molecule has 0 aliphatic carbocycles. The molecule has 17 heavy (non-hydrogen) atoms. The van der Waals surface area contributed by atoms with Gasteiger partial charge in [-0.2, -0.15) is 0 Å². The van der Waals surface area contributed by atoms with E-state index in [1.165, 1.54) is 10.9 Å². The molecular weight excluding hydrogens is 208 g/mol. The predicted octanol–water partition coefficient (Wildman–Crippen LogP) is 3.46. The Morgan fingerprint density at radius 1 is 1.35 bits per heavy atom. The molecule has 2 aromatic rings. The van der Waals surface area contributed by atoms with Crippen LogP contribution in [-0.2, 0) is 0 Å². The average Bonchev–Trinajstić information content (AvgIpc) is 2.35. The monoisotopic (exact) mass is 226 g/mol. The van der Waals surface area contributed by atoms with E-state index in [0.29, 0.717) is 0 Å². The van der Waals surface area contributed by atoms with Gasteiger partial charge in [-0.3, -0.25) is 4.98 Å². The van der Waals surface area contributed by atoms with Crippen molar-refractivity contribution >= 4 is 10.9 Å². The Bertz CT molecular complexity index is 526. The molecule has 0 spiro atoms. The number of fused-ring (bicyclic) bond motifs is 1. The Morgan fingerprint density at radius 3 is 2.82 bits per heavy atom.